The van der Waals surface area contributed by atoms with Gasteiger partial charge in [-0.05, 0) is 89.6 Å². The molecule has 8 nitrogen and oxygen atoms in total. The van der Waals surface area contributed by atoms with Gasteiger partial charge in [-0.2, -0.15) is 0 Å². The number of rotatable bonds is 12. The fourth-order valence-electron chi connectivity index (χ4n) is 8.00. The van der Waals surface area contributed by atoms with Crippen LogP contribution in [0.5, 0.6) is 23.0 Å². The van der Waals surface area contributed by atoms with Crippen molar-refractivity contribution in [1.29, 1.82) is 0 Å². The number of aliphatic imine (C=N–C) groups is 4. The number of fused-ring (bicyclic) bond motifs is 4. The Morgan fingerprint density at radius 2 is 0.516 bits per heavy atom. The van der Waals surface area contributed by atoms with Crippen LogP contribution in [0.4, 0.5) is 0 Å². The normalized spacial score (nSPS) is 11.8. The Hall–Kier alpha value is -6.85. The van der Waals surface area contributed by atoms with Gasteiger partial charge in [-0.1, -0.05) is 133 Å². The molecule has 9 aromatic carbocycles. The summed E-state index contributed by atoms with van der Waals surface area (Å²) in [4.78, 5) is 19.5. The van der Waals surface area contributed by atoms with Crippen molar-refractivity contribution in [3.05, 3.63) is 202 Å². The zero-order chi connectivity index (χ0) is 42.4. The molecule has 4 N–H and O–H groups in total. The van der Waals surface area contributed by atoms with E-state index < -0.39 is 0 Å². The number of aromatic hydroxyl groups is 4. The van der Waals surface area contributed by atoms with Gasteiger partial charge in [0.2, 0.25) is 0 Å². The molecule has 0 aliphatic heterocycles. The van der Waals surface area contributed by atoms with Crippen LogP contribution in [0.1, 0.15) is 44.5 Å². The quantitative estimate of drug-likeness (QED) is 0.0718. The second kappa shape index (κ2) is 20.6. The zero-order valence-corrected chi connectivity index (χ0v) is 41.1. The molecule has 10 heteroatoms. The Bertz CT molecular complexity index is 2840. The van der Waals surface area contributed by atoms with E-state index in [2.05, 4.69) is 12.1 Å². The predicted octanol–water partition coefficient (Wildman–Crippen LogP) is 11.6. The smallest absolute Gasteiger partial charge is 0.124 e. The molecule has 0 fully saturated rings. The molecule has 0 bridgehead atoms. The third-order valence-electron chi connectivity index (χ3n) is 11.2. The molecular weight excluding hydrogens is 899 g/mol. The van der Waals surface area contributed by atoms with Gasteiger partial charge < -0.3 is 20.4 Å². The van der Waals surface area contributed by atoms with Crippen LogP contribution >= 0.6 is 0 Å². The van der Waals surface area contributed by atoms with Crippen molar-refractivity contribution in [1.82, 2.24) is 0 Å². The molecule has 9 aromatic rings. The standard InChI is InChI=1S/C54H42N4O4.2Zn/c59-51-21-17-35-9-1-5-13-43(35)47(51)31-55-27-39-25-41(29-57-33-49-45-15-7-3-11-37(45)19-23-53(49)61)42(30-58-34-50-46-16-8-4-12-38(46)20-24-54(50)62)26-40(39)28-56-32-48-44-14-6-2-10-36(44)18-22-52(48)60;;/h1-26,31-34,59-62H,27-30H2;;. The Balaban J connectivity index is 0.00000306. The molecule has 0 aliphatic carbocycles. The minimum absolute atomic E-state index is 0. The van der Waals surface area contributed by atoms with E-state index in [1.54, 1.807) is 49.1 Å². The van der Waals surface area contributed by atoms with Crippen molar-refractivity contribution in [3.63, 3.8) is 0 Å². The molecule has 0 unspecified atom stereocenters. The Labute approximate surface area is 396 Å². The molecule has 0 spiro atoms. The first-order valence-electron chi connectivity index (χ1n) is 20.4. The first kappa shape index (κ1) is 45.2. The molecule has 9 rings (SSSR count). The Kier molecular flexibility index (Phi) is 14.5. The third kappa shape index (κ3) is 9.69. The summed E-state index contributed by atoms with van der Waals surface area (Å²) in [5, 5.41) is 51.1. The number of phenols is 4. The molecule has 0 heterocycles. The minimum Gasteiger partial charge on any atom is -0.507 e. The summed E-state index contributed by atoms with van der Waals surface area (Å²) in [5.74, 6) is 0.572. The SMILES string of the molecule is Oc1ccc2ccccc2c1C=NCc1cc(CN=Cc2c(O)ccc3ccccc23)c(CN=Cc2c(O)ccc3ccccc23)cc1CN=Cc1c(O)ccc2ccccc12.[Zn].[Zn]. The minimum atomic E-state index is 0. The van der Waals surface area contributed by atoms with Crippen LogP contribution < -0.4 is 0 Å². The summed E-state index contributed by atoms with van der Waals surface area (Å²) >= 11 is 0. The summed E-state index contributed by atoms with van der Waals surface area (Å²) in [6.45, 7) is 1.12. The molecule has 306 valence electrons. The molecule has 0 radical (unpaired) electrons. The fourth-order valence-corrected chi connectivity index (χ4v) is 8.00. The van der Waals surface area contributed by atoms with E-state index in [4.69, 9.17) is 20.0 Å². The molecule has 0 aromatic heterocycles. The molecule has 0 atom stereocenters. The van der Waals surface area contributed by atoms with E-state index in [1.807, 2.05) is 121 Å². The van der Waals surface area contributed by atoms with Crippen molar-refractivity contribution in [2.45, 2.75) is 26.2 Å². The second-order valence-corrected chi connectivity index (χ2v) is 15.1. The predicted molar refractivity (Wildman–Crippen MR) is 254 cm³/mol. The average Bonchev–Trinajstić information content (AvgIpc) is 3.30. The van der Waals surface area contributed by atoms with Crippen molar-refractivity contribution >= 4 is 67.9 Å². The maximum absolute atomic E-state index is 10.9. The molecule has 0 amide bonds. The van der Waals surface area contributed by atoms with Crippen LogP contribution in [0.3, 0.4) is 0 Å². The van der Waals surface area contributed by atoms with Crippen molar-refractivity contribution in [3.8, 4) is 23.0 Å². The van der Waals surface area contributed by atoms with E-state index in [1.165, 1.54) is 0 Å². The first-order valence-corrected chi connectivity index (χ1v) is 20.4. The second-order valence-electron chi connectivity index (χ2n) is 15.1. The maximum Gasteiger partial charge on any atom is 0.124 e. The number of hydrogen-bond acceptors (Lipinski definition) is 8. The Morgan fingerprint density at radius 1 is 0.297 bits per heavy atom. The summed E-state index contributed by atoms with van der Waals surface area (Å²) < 4.78 is 0. The van der Waals surface area contributed by atoms with Gasteiger partial charge in [0.1, 0.15) is 23.0 Å². The van der Waals surface area contributed by atoms with Gasteiger partial charge >= 0.3 is 0 Å². The zero-order valence-electron chi connectivity index (χ0n) is 35.1. The molecular formula is C54H42N4O4Zn2. The Morgan fingerprint density at radius 3 is 0.750 bits per heavy atom. The van der Waals surface area contributed by atoms with Crippen molar-refractivity contribution in [2.24, 2.45) is 20.0 Å². The number of hydrogen-bond donors (Lipinski definition) is 4. The van der Waals surface area contributed by atoms with Gasteiger partial charge in [0.15, 0.2) is 0 Å². The van der Waals surface area contributed by atoms with Gasteiger partial charge in [-0.15, -0.1) is 0 Å². The van der Waals surface area contributed by atoms with Crippen molar-refractivity contribution < 1.29 is 59.4 Å². The summed E-state index contributed by atoms with van der Waals surface area (Å²) in [7, 11) is 0. The van der Waals surface area contributed by atoms with Crippen LogP contribution in [0.15, 0.2) is 178 Å². The van der Waals surface area contributed by atoms with Crippen LogP contribution in [-0.2, 0) is 65.1 Å². The number of benzene rings is 9. The topological polar surface area (TPSA) is 130 Å². The van der Waals surface area contributed by atoms with E-state index in [0.29, 0.717) is 22.3 Å². The number of nitrogens with zero attached hydrogens (tertiary/aromatic N) is 4. The monoisotopic (exact) mass is 938 g/mol. The average molecular weight is 942 g/mol. The molecule has 0 saturated carbocycles. The number of phenolic OH excluding ortho intramolecular Hbond substituents is 4. The van der Waals surface area contributed by atoms with Gasteiger partial charge in [0.25, 0.3) is 0 Å². The van der Waals surface area contributed by atoms with Gasteiger partial charge in [0, 0.05) is 86.1 Å². The molecule has 0 aliphatic rings. The fraction of sp³-hybridized carbons (Fsp3) is 0.0741. The first-order chi connectivity index (χ1) is 30.4. The third-order valence-corrected chi connectivity index (χ3v) is 11.2. The van der Waals surface area contributed by atoms with Crippen LogP contribution in [0.2, 0.25) is 0 Å². The van der Waals surface area contributed by atoms with Crippen LogP contribution in [0.25, 0.3) is 43.1 Å². The largest absolute Gasteiger partial charge is 0.507 e. The summed E-state index contributed by atoms with van der Waals surface area (Å²) in [6.07, 6.45) is 6.87. The van der Waals surface area contributed by atoms with Crippen LogP contribution in [-0.4, -0.2) is 45.3 Å². The van der Waals surface area contributed by atoms with E-state index >= 15 is 0 Å². The van der Waals surface area contributed by atoms with Gasteiger partial charge in [-0.25, -0.2) is 0 Å². The molecule has 64 heavy (non-hydrogen) atoms. The molecule has 0 saturated heterocycles. The van der Waals surface area contributed by atoms with Gasteiger partial charge in [0.05, 0.1) is 26.2 Å². The summed E-state index contributed by atoms with van der Waals surface area (Å²) in [6, 6.07) is 50.0. The van der Waals surface area contributed by atoms with E-state index in [9.17, 15) is 20.4 Å². The van der Waals surface area contributed by atoms with Gasteiger partial charge in [-0.3, -0.25) is 20.0 Å². The van der Waals surface area contributed by atoms with E-state index in [-0.39, 0.29) is 88.1 Å². The van der Waals surface area contributed by atoms with E-state index in [0.717, 1.165) is 65.3 Å². The van der Waals surface area contributed by atoms with Crippen molar-refractivity contribution in [2.75, 3.05) is 0 Å². The van der Waals surface area contributed by atoms with Crippen LogP contribution in [0, 0.1) is 0 Å². The maximum atomic E-state index is 10.9. The summed E-state index contributed by atoms with van der Waals surface area (Å²) in [5.41, 5.74) is 6.15.